The molecule has 1 aromatic carbocycles. The van der Waals surface area contributed by atoms with Crippen LogP contribution in [-0.4, -0.2) is 33.6 Å². The first-order valence-electron chi connectivity index (χ1n) is 5.59. The third-order valence-corrected chi connectivity index (χ3v) is 2.84. The number of benzene rings is 1. The van der Waals surface area contributed by atoms with Gasteiger partial charge < -0.3 is 19.5 Å². The van der Waals surface area contributed by atoms with Gasteiger partial charge in [-0.15, -0.1) is 0 Å². The van der Waals surface area contributed by atoms with E-state index in [9.17, 15) is 0 Å². The number of hydrogen-bond acceptors (Lipinski definition) is 4. The smallest absolute Gasteiger partial charge is 0.231 e. The van der Waals surface area contributed by atoms with Crippen molar-refractivity contribution in [2.45, 2.75) is 6.42 Å². The molecule has 0 fully saturated rings. The molecule has 0 aliphatic carbocycles. The maximum Gasteiger partial charge on any atom is 0.231 e. The van der Waals surface area contributed by atoms with Gasteiger partial charge in [0.25, 0.3) is 0 Å². The molecule has 0 amide bonds. The van der Waals surface area contributed by atoms with Gasteiger partial charge in [0.15, 0.2) is 11.5 Å². The number of hydrogen-bond donors (Lipinski definition) is 1. The first kappa shape index (κ1) is 12.5. The van der Waals surface area contributed by atoms with Crippen LogP contribution >= 0.6 is 11.6 Å². The summed E-state index contributed by atoms with van der Waals surface area (Å²) in [5.74, 6) is 1.40. The summed E-state index contributed by atoms with van der Waals surface area (Å²) in [6, 6.07) is 3.90. The summed E-state index contributed by atoms with van der Waals surface area (Å²) in [5.41, 5.74) is 1.14. The summed E-state index contributed by atoms with van der Waals surface area (Å²) in [4.78, 5) is 0. The lowest BCUT2D eigenvalue weighted by molar-refractivity contribution is 0.174. The third-order valence-electron chi connectivity index (χ3n) is 2.56. The van der Waals surface area contributed by atoms with Gasteiger partial charge in [0.1, 0.15) is 0 Å². The van der Waals surface area contributed by atoms with Crippen molar-refractivity contribution in [3.8, 4) is 11.5 Å². The fraction of sp³-hybridized carbons (Fsp3) is 0.500. The van der Waals surface area contributed by atoms with Crippen LogP contribution in [0.2, 0.25) is 5.02 Å². The second kappa shape index (κ2) is 6.10. The predicted molar refractivity (Wildman–Crippen MR) is 66.0 cm³/mol. The minimum absolute atomic E-state index is 0.255. The van der Waals surface area contributed by atoms with Crippen LogP contribution in [0, 0.1) is 0 Å². The maximum atomic E-state index is 6.09. The first-order chi connectivity index (χ1) is 8.31. The minimum Gasteiger partial charge on any atom is -0.454 e. The highest BCUT2D eigenvalue weighted by molar-refractivity contribution is 6.32. The van der Waals surface area contributed by atoms with Crippen molar-refractivity contribution in [3.05, 3.63) is 22.7 Å². The summed E-state index contributed by atoms with van der Waals surface area (Å²) in [6.45, 7) is 2.72. The lowest BCUT2D eigenvalue weighted by atomic mass is 10.1. The van der Waals surface area contributed by atoms with E-state index in [1.54, 1.807) is 7.11 Å². The largest absolute Gasteiger partial charge is 0.454 e. The maximum absolute atomic E-state index is 6.09. The zero-order valence-corrected chi connectivity index (χ0v) is 10.5. The van der Waals surface area contributed by atoms with E-state index in [-0.39, 0.29) is 6.79 Å². The molecule has 0 aromatic heterocycles. The molecular weight excluding hydrogens is 242 g/mol. The monoisotopic (exact) mass is 257 g/mol. The molecule has 1 N–H and O–H groups in total. The molecule has 94 valence electrons. The Hall–Kier alpha value is -0.970. The molecule has 1 aromatic rings. The van der Waals surface area contributed by atoms with Gasteiger partial charge in [-0.3, -0.25) is 0 Å². The number of ether oxygens (including phenoxy) is 3. The molecule has 17 heavy (non-hydrogen) atoms. The molecule has 0 atom stereocenters. The van der Waals surface area contributed by atoms with E-state index in [1.807, 2.05) is 12.1 Å². The number of methoxy groups -OCH3 is 1. The highest BCUT2D eigenvalue weighted by Gasteiger charge is 2.17. The van der Waals surface area contributed by atoms with Crippen LogP contribution in [0.1, 0.15) is 5.56 Å². The summed E-state index contributed by atoms with van der Waals surface area (Å²) in [6.07, 6.45) is 0.903. The Morgan fingerprint density at radius 1 is 1.35 bits per heavy atom. The second-order valence-corrected chi connectivity index (χ2v) is 4.21. The van der Waals surface area contributed by atoms with Crippen LogP contribution < -0.4 is 14.8 Å². The van der Waals surface area contributed by atoms with Crippen molar-refractivity contribution in [2.24, 2.45) is 0 Å². The quantitative estimate of drug-likeness (QED) is 0.790. The van der Waals surface area contributed by atoms with Gasteiger partial charge in [0.2, 0.25) is 6.79 Å². The molecule has 0 bridgehead atoms. The fourth-order valence-electron chi connectivity index (χ4n) is 1.70. The Kier molecular flexibility index (Phi) is 4.48. The summed E-state index contributed by atoms with van der Waals surface area (Å²) < 4.78 is 15.5. The average Bonchev–Trinajstić information content (AvgIpc) is 2.77. The van der Waals surface area contributed by atoms with Crippen LogP contribution in [-0.2, 0) is 11.2 Å². The Bertz CT molecular complexity index is 384. The van der Waals surface area contributed by atoms with Gasteiger partial charge in [0.05, 0.1) is 11.6 Å². The Morgan fingerprint density at radius 3 is 3.06 bits per heavy atom. The highest BCUT2D eigenvalue weighted by Crippen LogP contribution is 2.39. The van der Waals surface area contributed by atoms with Gasteiger partial charge in [-0.25, -0.2) is 0 Å². The molecule has 2 rings (SSSR count). The number of rotatable bonds is 6. The van der Waals surface area contributed by atoms with Crippen molar-refractivity contribution < 1.29 is 14.2 Å². The van der Waals surface area contributed by atoms with Gasteiger partial charge in [-0.05, 0) is 30.7 Å². The normalized spacial score (nSPS) is 13.1. The third kappa shape index (κ3) is 3.25. The van der Waals surface area contributed by atoms with Crippen LogP contribution in [0.5, 0.6) is 11.5 Å². The molecule has 1 aliphatic heterocycles. The van der Waals surface area contributed by atoms with E-state index < -0.39 is 0 Å². The van der Waals surface area contributed by atoms with Gasteiger partial charge in [0, 0.05) is 13.7 Å². The van der Waals surface area contributed by atoms with Gasteiger partial charge >= 0.3 is 0 Å². The van der Waals surface area contributed by atoms with Gasteiger partial charge in [-0.1, -0.05) is 11.6 Å². The molecule has 0 saturated heterocycles. The summed E-state index contributed by atoms with van der Waals surface area (Å²) >= 11 is 6.09. The lowest BCUT2D eigenvalue weighted by Gasteiger charge is -2.06. The molecule has 0 unspecified atom stereocenters. The zero-order valence-electron chi connectivity index (χ0n) is 9.79. The lowest BCUT2D eigenvalue weighted by Crippen LogP contribution is -2.21. The Morgan fingerprint density at radius 2 is 2.24 bits per heavy atom. The predicted octanol–water partition coefficient (Wildman–Crippen LogP) is 1.85. The molecule has 0 saturated carbocycles. The van der Waals surface area contributed by atoms with Crippen molar-refractivity contribution >= 4 is 11.6 Å². The Balaban J connectivity index is 1.87. The van der Waals surface area contributed by atoms with Crippen LogP contribution in [0.15, 0.2) is 12.1 Å². The summed E-state index contributed by atoms with van der Waals surface area (Å²) in [7, 11) is 1.69. The minimum atomic E-state index is 0.255. The highest BCUT2D eigenvalue weighted by atomic mass is 35.5. The van der Waals surface area contributed by atoms with E-state index in [1.165, 1.54) is 0 Å². The molecule has 1 heterocycles. The van der Waals surface area contributed by atoms with Crippen LogP contribution in [0.4, 0.5) is 0 Å². The SMILES string of the molecule is COCCNCCc1cc(Cl)c2c(c1)OCO2. The first-order valence-corrected chi connectivity index (χ1v) is 5.96. The molecule has 5 heteroatoms. The van der Waals surface area contributed by atoms with E-state index in [2.05, 4.69) is 5.32 Å². The fourth-order valence-corrected chi connectivity index (χ4v) is 1.98. The molecule has 4 nitrogen and oxygen atoms in total. The number of fused-ring (bicyclic) bond motifs is 1. The standard InChI is InChI=1S/C12H16ClNO3/c1-15-5-4-14-3-2-9-6-10(13)12-11(7-9)16-8-17-12/h6-7,14H,2-5,8H2,1H3. The molecule has 1 aliphatic rings. The average molecular weight is 258 g/mol. The van der Waals surface area contributed by atoms with Crippen molar-refractivity contribution in [2.75, 3.05) is 33.6 Å². The molecule has 0 spiro atoms. The second-order valence-electron chi connectivity index (χ2n) is 3.80. The molecular formula is C12H16ClNO3. The van der Waals surface area contributed by atoms with E-state index in [4.69, 9.17) is 25.8 Å². The van der Waals surface area contributed by atoms with E-state index in [0.717, 1.165) is 37.4 Å². The zero-order chi connectivity index (χ0) is 12.1. The Labute approximate surface area is 106 Å². The van der Waals surface area contributed by atoms with Crippen molar-refractivity contribution in [1.82, 2.24) is 5.32 Å². The molecule has 0 radical (unpaired) electrons. The van der Waals surface area contributed by atoms with Crippen molar-refractivity contribution in [1.29, 1.82) is 0 Å². The van der Waals surface area contributed by atoms with Crippen LogP contribution in [0.25, 0.3) is 0 Å². The summed E-state index contributed by atoms with van der Waals surface area (Å²) in [5, 5.41) is 3.90. The number of halogens is 1. The van der Waals surface area contributed by atoms with E-state index >= 15 is 0 Å². The van der Waals surface area contributed by atoms with Gasteiger partial charge in [-0.2, -0.15) is 0 Å². The topological polar surface area (TPSA) is 39.7 Å². The van der Waals surface area contributed by atoms with E-state index in [0.29, 0.717) is 10.8 Å². The number of nitrogens with one attached hydrogen (secondary N) is 1. The van der Waals surface area contributed by atoms with Crippen molar-refractivity contribution in [3.63, 3.8) is 0 Å². The van der Waals surface area contributed by atoms with Crippen LogP contribution in [0.3, 0.4) is 0 Å².